The van der Waals surface area contributed by atoms with Crippen molar-refractivity contribution in [1.82, 2.24) is 10.5 Å². The molecule has 1 aliphatic rings. The number of nitrogens with zero attached hydrogens (tertiary/aromatic N) is 4. The van der Waals surface area contributed by atoms with Gasteiger partial charge in [-0.15, -0.1) is 0 Å². The van der Waals surface area contributed by atoms with Crippen molar-refractivity contribution < 1.29 is 9.32 Å². The molecule has 2 heterocycles. The third-order valence-electron chi connectivity index (χ3n) is 5.00. The summed E-state index contributed by atoms with van der Waals surface area (Å²) < 4.78 is 5.17. The monoisotopic (exact) mass is 396 g/mol. The minimum atomic E-state index is -0.679. The maximum atomic E-state index is 12.9. The van der Waals surface area contributed by atoms with Gasteiger partial charge in [0.05, 0.1) is 12.1 Å². The third-order valence-corrected chi connectivity index (χ3v) is 5.00. The highest BCUT2D eigenvalue weighted by molar-refractivity contribution is 6.00. The van der Waals surface area contributed by atoms with Crippen LogP contribution in [0, 0.1) is 17.2 Å². The molecule has 3 rings (SSSR count). The van der Waals surface area contributed by atoms with Crippen molar-refractivity contribution in [3.8, 4) is 17.3 Å². The third kappa shape index (κ3) is 4.94. The van der Waals surface area contributed by atoms with Crippen LogP contribution in [0.1, 0.15) is 20.3 Å². The molecule has 0 saturated carbocycles. The van der Waals surface area contributed by atoms with Crippen LogP contribution in [0.25, 0.3) is 11.3 Å². The molecule has 154 valence electrons. The molecule has 1 atom stereocenters. The molecule has 1 fully saturated rings. The van der Waals surface area contributed by atoms with Crippen molar-refractivity contribution in [3.05, 3.63) is 30.5 Å². The first-order valence-corrected chi connectivity index (χ1v) is 9.95. The van der Waals surface area contributed by atoms with Crippen molar-refractivity contribution >= 4 is 17.3 Å². The number of hydrogen-bond acceptors (Lipinski definition) is 7. The lowest BCUT2D eigenvalue weighted by atomic mass is 10.0. The van der Waals surface area contributed by atoms with Crippen LogP contribution in [0.3, 0.4) is 0 Å². The number of aromatic nitrogens is 1. The fourth-order valence-corrected chi connectivity index (χ4v) is 3.54. The van der Waals surface area contributed by atoms with E-state index in [0.29, 0.717) is 17.8 Å². The minimum absolute atomic E-state index is 0.113. The van der Waals surface area contributed by atoms with E-state index < -0.39 is 6.04 Å². The van der Waals surface area contributed by atoms with Gasteiger partial charge in [0.15, 0.2) is 0 Å². The molecular formula is C21H28N6O2. The number of piperazine rings is 1. The maximum Gasteiger partial charge on any atom is 0.244 e. The number of rotatable bonds is 7. The van der Waals surface area contributed by atoms with Crippen LogP contribution in [0.4, 0.5) is 11.4 Å². The number of anilines is 2. The smallest absolute Gasteiger partial charge is 0.244 e. The minimum Gasteiger partial charge on any atom is -0.369 e. The summed E-state index contributed by atoms with van der Waals surface area (Å²) >= 11 is 0. The zero-order valence-electron chi connectivity index (χ0n) is 17.0. The predicted octanol–water partition coefficient (Wildman–Crippen LogP) is 1.98. The van der Waals surface area contributed by atoms with Gasteiger partial charge in [-0.05, 0) is 24.5 Å². The van der Waals surface area contributed by atoms with Crippen LogP contribution in [-0.2, 0) is 4.79 Å². The summed E-state index contributed by atoms with van der Waals surface area (Å²) in [5, 5.41) is 16.7. The van der Waals surface area contributed by atoms with Crippen LogP contribution in [0.5, 0.6) is 0 Å². The molecule has 2 aromatic rings. The molecule has 3 N–H and O–H groups in total. The molecule has 1 saturated heterocycles. The number of nitriles is 1. The molecule has 1 unspecified atom stereocenters. The molecular weight excluding hydrogens is 368 g/mol. The second-order valence-corrected chi connectivity index (χ2v) is 7.65. The lowest BCUT2D eigenvalue weighted by Gasteiger charge is -2.29. The standard InChI is InChI=1S/C21H28N6O2/c1-15(2)13-18(23)21(28)27(10-7-22)19-14-29-25-20(19)16-3-5-17(6-4-16)26-11-8-24-9-12-26/h3-6,14-15,18,24H,8-13,23H2,1-2H3. The molecule has 8 heteroatoms. The van der Waals surface area contributed by atoms with Gasteiger partial charge >= 0.3 is 0 Å². The van der Waals surface area contributed by atoms with Gasteiger partial charge < -0.3 is 20.5 Å². The van der Waals surface area contributed by atoms with Gasteiger partial charge in [0.1, 0.15) is 24.2 Å². The highest BCUT2D eigenvalue weighted by Crippen LogP contribution is 2.31. The fourth-order valence-electron chi connectivity index (χ4n) is 3.54. The van der Waals surface area contributed by atoms with Crippen molar-refractivity contribution in [2.45, 2.75) is 26.3 Å². The summed E-state index contributed by atoms with van der Waals surface area (Å²) in [5.41, 5.74) is 9.04. The van der Waals surface area contributed by atoms with Gasteiger partial charge in [0, 0.05) is 37.4 Å². The Morgan fingerprint density at radius 1 is 1.34 bits per heavy atom. The summed E-state index contributed by atoms with van der Waals surface area (Å²) in [7, 11) is 0. The molecule has 1 aliphatic heterocycles. The van der Waals surface area contributed by atoms with Crippen LogP contribution < -0.4 is 20.9 Å². The molecule has 0 bridgehead atoms. The summed E-state index contributed by atoms with van der Waals surface area (Å²) in [6.07, 6.45) is 1.94. The number of amides is 1. The quantitative estimate of drug-likeness (QED) is 0.688. The van der Waals surface area contributed by atoms with Gasteiger partial charge in [-0.2, -0.15) is 5.26 Å². The van der Waals surface area contributed by atoms with Crippen molar-refractivity contribution in [1.29, 1.82) is 5.26 Å². The van der Waals surface area contributed by atoms with E-state index in [4.69, 9.17) is 10.3 Å². The summed E-state index contributed by atoms with van der Waals surface area (Å²) in [5.74, 6) is -0.0282. The first-order valence-electron chi connectivity index (χ1n) is 9.95. The average Bonchev–Trinajstić information content (AvgIpc) is 3.21. The fraction of sp³-hybridized carbons (Fsp3) is 0.476. The topological polar surface area (TPSA) is 111 Å². The van der Waals surface area contributed by atoms with E-state index in [9.17, 15) is 10.1 Å². The van der Waals surface area contributed by atoms with E-state index in [1.54, 1.807) is 0 Å². The number of benzene rings is 1. The Hall–Kier alpha value is -2.89. The Labute approximate surface area is 171 Å². The molecule has 8 nitrogen and oxygen atoms in total. The number of nitrogens with one attached hydrogen (secondary N) is 1. The number of hydrogen-bond donors (Lipinski definition) is 2. The van der Waals surface area contributed by atoms with Gasteiger partial charge in [-0.25, -0.2) is 0 Å². The van der Waals surface area contributed by atoms with Crippen LogP contribution in [0.15, 0.2) is 35.1 Å². The molecule has 1 aromatic heterocycles. The summed E-state index contributed by atoms with van der Waals surface area (Å²) in [6, 6.07) is 9.37. The zero-order valence-corrected chi connectivity index (χ0v) is 17.0. The van der Waals surface area contributed by atoms with Gasteiger partial charge in [-0.1, -0.05) is 31.1 Å². The lowest BCUT2D eigenvalue weighted by molar-refractivity contribution is -0.120. The van der Waals surface area contributed by atoms with Crippen molar-refractivity contribution in [2.75, 3.05) is 42.5 Å². The average molecular weight is 396 g/mol. The van der Waals surface area contributed by atoms with Gasteiger partial charge in [0.2, 0.25) is 5.91 Å². The largest absolute Gasteiger partial charge is 0.369 e. The first kappa shape index (κ1) is 20.8. The van der Waals surface area contributed by atoms with Crippen molar-refractivity contribution in [2.24, 2.45) is 11.7 Å². The van der Waals surface area contributed by atoms with Gasteiger partial charge in [-0.3, -0.25) is 9.69 Å². The molecule has 1 amide bonds. The SMILES string of the molecule is CC(C)CC(N)C(=O)N(CC#N)c1conc1-c1ccc(N2CCNCC2)cc1. The molecule has 29 heavy (non-hydrogen) atoms. The Kier molecular flexibility index (Phi) is 6.86. The highest BCUT2D eigenvalue weighted by atomic mass is 16.5. The van der Waals surface area contributed by atoms with E-state index in [-0.39, 0.29) is 18.4 Å². The van der Waals surface area contributed by atoms with E-state index in [1.807, 2.05) is 44.2 Å². The predicted molar refractivity (Wildman–Crippen MR) is 112 cm³/mol. The molecule has 0 radical (unpaired) electrons. The summed E-state index contributed by atoms with van der Waals surface area (Å²) in [4.78, 5) is 16.6. The second-order valence-electron chi connectivity index (χ2n) is 7.65. The number of nitrogens with two attached hydrogens (primary N) is 1. The number of carbonyl (C=O) groups is 1. The van der Waals surface area contributed by atoms with Crippen LogP contribution in [0.2, 0.25) is 0 Å². The van der Waals surface area contributed by atoms with E-state index in [2.05, 4.69) is 15.4 Å². The maximum absolute atomic E-state index is 12.9. The Bertz CT molecular complexity index is 849. The second kappa shape index (κ2) is 9.54. The molecule has 0 aliphatic carbocycles. The zero-order chi connectivity index (χ0) is 20.8. The highest BCUT2D eigenvalue weighted by Gasteiger charge is 2.27. The van der Waals surface area contributed by atoms with Crippen LogP contribution >= 0.6 is 0 Å². The molecule has 0 spiro atoms. The van der Waals surface area contributed by atoms with Crippen LogP contribution in [-0.4, -0.2) is 49.8 Å². The Balaban J connectivity index is 1.84. The Morgan fingerprint density at radius 2 is 2.03 bits per heavy atom. The normalized spacial score (nSPS) is 15.2. The van der Waals surface area contributed by atoms with E-state index >= 15 is 0 Å². The first-order chi connectivity index (χ1) is 14.0. The van der Waals surface area contributed by atoms with Crippen molar-refractivity contribution in [3.63, 3.8) is 0 Å². The Morgan fingerprint density at radius 3 is 2.66 bits per heavy atom. The van der Waals surface area contributed by atoms with E-state index in [0.717, 1.165) is 37.4 Å². The summed E-state index contributed by atoms with van der Waals surface area (Å²) in [6.45, 7) is 7.77. The lowest BCUT2D eigenvalue weighted by Crippen LogP contribution is -2.45. The molecule has 1 aromatic carbocycles. The number of carbonyl (C=O) groups excluding carboxylic acids is 1. The van der Waals surface area contributed by atoms with E-state index in [1.165, 1.54) is 11.2 Å². The van der Waals surface area contributed by atoms with Gasteiger partial charge in [0.25, 0.3) is 0 Å².